The molecule has 9 heteroatoms. The van der Waals surface area contributed by atoms with Crippen molar-refractivity contribution in [2.24, 2.45) is 7.05 Å². The van der Waals surface area contributed by atoms with E-state index in [0.29, 0.717) is 34.5 Å². The largest absolute Gasteiger partial charge is 0.378 e. The van der Waals surface area contributed by atoms with E-state index < -0.39 is 27.1 Å². The van der Waals surface area contributed by atoms with Crippen LogP contribution in [0.2, 0.25) is 0 Å². The molecule has 1 N–H and O–H groups in total. The minimum absolute atomic E-state index is 0.189. The van der Waals surface area contributed by atoms with Crippen LogP contribution in [0.3, 0.4) is 0 Å². The van der Waals surface area contributed by atoms with Gasteiger partial charge in [-0.1, -0.05) is 31.0 Å². The number of rotatable bonds is 6. The number of benzene rings is 2. The zero-order valence-electron chi connectivity index (χ0n) is 21.9. The first-order valence-corrected chi connectivity index (χ1v) is 14.1. The van der Waals surface area contributed by atoms with Crippen molar-refractivity contribution in [3.8, 4) is 23.0 Å². The lowest BCUT2D eigenvalue weighted by Gasteiger charge is -2.18. The normalized spacial score (nSPS) is 12.8. The highest BCUT2D eigenvalue weighted by Gasteiger charge is 2.21. The summed E-state index contributed by atoms with van der Waals surface area (Å²) in [7, 11) is -1.55. The number of halogens is 2. The Morgan fingerprint density at radius 1 is 1.08 bits per heavy atom. The summed E-state index contributed by atoms with van der Waals surface area (Å²) in [6, 6.07) is 12.6. The fraction of sp³-hybridized carbons (Fsp3) is 0.310. The predicted octanol–water partition coefficient (Wildman–Crippen LogP) is 4.93. The summed E-state index contributed by atoms with van der Waals surface area (Å²) in [6.07, 6.45) is 1.49. The molecule has 0 unspecified atom stereocenters. The topological polar surface area (TPSA) is 85.1 Å². The molecule has 0 amide bonds. The SMILES string of the molecule is C[C@@H](Cc1cc(F)cc(F)c1)c1nc(C#CC(C)(C)O)ccc1-c1cccc2c(CS(C)(=O)=O)nn(C)c12. The molecule has 4 rings (SSSR count). The first-order valence-electron chi connectivity index (χ1n) is 12.0. The third-order valence-corrected chi connectivity index (χ3v) is 6.78. The molecule has 2 aromatic heterocycles. The molecule has 2 heterocycles. The van der Waals surface area contributed by atoms with Gasteiger partial charge < -0.3 is 5.11 Å². The highest BCUT2D eigenvalue weighted by molar-refractivity contribution is 7.89. The Balaban J connectivity index is 1.89. The number of hydrogen-bond acceptors (Lipinski definition) is 5. The number of aliphatic hydroxyl groups is 1. The molecule has 2 aromatic carbocycles. The molecule has 1 atom stereocenters. The lowest BCUT2D eigenvalue weighted by atomic mass is 9.90. The predicted molar refractivity (Wildman–Crippen MR) is 144 cm³/mol. The molecule has 38 heavy (non-hydrogen) atoms. The van der Waals surface area contributed by atoms with Crippen LogP contribution in [0.5, 0.6) is 0 Å². The second-order valence-electron chi connectivity index (χ2n) is 10.2. The van der Waals surface area contributed by atoms with Gasteiger partial charge in [-0.15, -0.1) is 0 Å². The van der Waals surface area contributed by atoms with Gasteiger partial charge in [0.1, 0.15) is 22.9 Å². The van der Waals surface area contributed by atoms with E-state index in [1.165, 1.54) is 18.4 Å². The van der Waals surface area contributed by atoms with Gasteiger partial charge in [0.05, 0.1) is 22.7 Å². The molecule has 0 aliphatic carbocycles. The maximum atomic E-state index is 13.9. The van der Waals surface area contributed by atoms with Gasteiger partial charge in [0, 0.05) is 41.8 Å². The average molecular weight is 538 g/mol. The monoisotopic (exact) mass is 537 g/mol. The quantitative estimate of drug-likeness (QED) is 0.353. The van der Waals surface area contributed by atoms with Gasteiger partial charge in [-0.3, -0.25) is 4.68 Å². The molecule has 0 radical (unpaired) electrons. The zero-order chi connectivity index (χ0) is 27.8. The van der Waals surface area contributed by atoms with Gasteiger partial charge in [0.2, 0.25) is 0 Å². The van der Waals surface area contributed by atoms with Crippen molar-refractivity contribution in [3.63, 3.8) is 0 Å². The smallest absolute Gasteiger partial charge is 0.153 e. The highest BCUT2D eigenvalue weighted by atomic mass is 32.2. The molecule has 0 bridgehead atoms. The third kappa shape index (κ3) is 6.44. The van der Waals surface area contributed by atoms with E-state index in [1.54, 1.807) is 31.6 Å². The molecular weight excluding hydrogens is 508 g/mol. The Morgan fingerprint density at radius 3 is 2.39 bits per heavy atom. The van der Waals surface area contributed by atoms with Crippen LogP contribution in [0.1, 0.15) is 49.3 Å². The second-order valence-corrected chi connectivity index (χ2v) is 12.3. The molecule has 4 aromatic rings. The maximum Gasteiger partial charge on any atom is 0.153 e. The Hall–Kier alpha value is -3.61. The van der Waals surface area contributed by atoms with Gasteiger partial charge in [0.15, 0.2) is 9.84 Å². The number of hydrogen-bond donors (Lipinski definition) is 1. The molecular formula is C29H29F2N3O3S. The molecule has 198 valence electrons. The number of nitrogens with zero attached hydrogens (tertiary/aromatic N) is 3. The standard InChI is InChI=1S/C29H29F2N3O3S/c1-18(13-19-14-20(30)16-21(31)15-19)27-23(10-9-22(32-27)11-12-29(2,3)35)24-7-6-8-25-26(17-38(5,36)37)33-34(4)28(24)25/h6-10,14-16,18,35H,13,17H2,1-5H3/t18-/m0/s1. The average Bonchev–Trinajstić information content (AvgIpc) is 3.10. The number of sulfone groups is 1. The molecule has 0 aliphatic heterocycles. The van der Waals surface area contributed by atoms with E-state index in [1.807, 2.05) is 31.2 Å². The molecule has 0 saturated heterocycles. The summed E-state index contributed by atoms with van der Waals surface area (Å²) in [5.74, 6) is 3.91. The number of pyridine rings is 1. The number of aryl methyl sites for hydroxylation is 1. The Kier molecular flexibility index (Phi) is 7.42. The number of fused-ring (bicyclic) bond motifs is 1. The van der Waals surface area contributed by atoms with Crippen molar-refractivity contribution in [2.45, 2.75) is 44.5 Å². The lowest BCUT2D eigenvalue weighted by Crippen LogP contribution is -2.14. The van der Waals surface area contributed by atoms with Crippen LogP contribution in [-0.2, 0) is 29.1 Å². The van der Waals surface area contributed by atoms with Crippen LogP contribution < -0.4 is 0 Å². The van der Waals surface area contributed by atoms with Crippen LogP contribution in [0.15, 0.2) is 48.5 Å². The minimum Gasteiger partial charge on any atom is -0.378 e. The molecule has 0 fully saturated rings. The van der Waals surface area contributed by atoms with Crippen molar-refractivity contribution in [1.82, 2.24) is 14.8 Å². The molecule has 0 spiro atoms. The van der Waals surface area contributed by atoms with Crippen molar-refractivity contribution in [1.29, 1.82) is 0 Å². The fourth-order valence-electron chi connectivity index (χ4n) is 4.53. The first kappa shape index (κ1) is 27.4. The summed E-state index contributed by atoms with van der Waals surface area (Å²) in [6.45, 7) is 5.07. The van der Waals surface area contributed by atoms with E-state index in [9.17, 15) is 22.3 Å². The second kappa shape index (κ2) is 10.3. The molecule has 0 aliphatic rings. The van der Waals surface area contributed by atoms with E-state index in [-0.39, 0.29) is 11.7 Å². The first-order chi connectivity index (χ1) is 17.7. The van der Waals surface area contributed by atoms with Crippen molar-refractivity contribution in [3.05, 3.63) is 82.8 Å². The fourth-order valence-corrected chi connectivity index (χ4v) is 5.24. The number of para-hydroxylation sites is 1. The number of aromatic nitrogens is 3. The molecule has 0 saturated carbocycles. The third-order valence-electron chi connectivity index (χ3n) is 5.98. The summed E-state index contributed by atoms with van der Waals surface area (Å²) >= 11 is 0. The highest BCUT2D eigenvalue weighted by Crippen LogP contribution is 2.36. The van der Waals surface area contributed by atoms with Gasteiger partial charge in [-0.05, 0) is 56.0 Å². The Bertz CT molecular complexity index is 1670. The van der Waals surface area contributed by atoms with Crippen LogP contribution >= 0.6 is 0 Å². The van der Waals surface area contributed by atoms with Crippen molar-refractivity contribution >= 4 is 20.7 Å². The van der Waals surface area contributed by atoms with Crippen LogP contribution in [-0.4, -0.2) is 40.1 Å². The van der Waals surface area contributed by atoms with Crippen LogP contribution in [0.25, 0.3) is 22.0 Å². The molecule has 6 nitrogen and oxygen atoms in total. The summed E-state index contributed by atoms with van der Waals surface area (Å²) < 4.78 is 53.4. The van der Waals surface area contributed by atoms with Crippen LogP contribution in [0, 0.1) is 23.5 Å². The van der Waals surface area contributed by atoms with Gasteiger partial charge in [0.25, 0.3) is 0 Å². The summed E-state index contributed by atoms with van der Waals surface area (Å²) in [5.41, 5.74) is 3.13. The van der Waals surface area contributed by atoms with Gasteiger partial charge in [-0.2, -0.15) is 5.10 Å². The Labute approximate surface area is 221 Å². The van der Waals surface area contributed by atoms with E-state index in [2.05, 4.69) is 16.9 Å². The Morgan fingerprint density at radius 2 is 1.76 bits per heavy atom. The van der Waals surface area contributed by atoms with Gasteiger partial charge >= 0.3 is 0 Å². The lowest BCUT2D eigenvalue weighted by molar-refractivity contribution is 0.143. The van der Waals surface area contributed by atoms with E-state index in [4.69, 9.17) is 4.98 Å². The zero-order valence-corrected chi connectivity index (χ0v) is 22.7. The maximum absolute atomic E-state index is 13.9. The minimum atomic E-state index is -3.31. The summed E-state index contributed by atoms with van der Waals surface area (Å²) in [5, 5.41) is 15.2. The van der Waals surface area contributed by atoms with Crippen molar-refractivity contribution < 1.29 is 22.3 Å². The van der Waals surface area contributed by atoms with Crippen molar-refractivity contribution in [2.75, 3.05) is 6.26 Å². The van der Waals surface area contributed by atoms with Gasteiger partial charge in [-0.25, -0.2) is 22.2 Å². The van der Waals surface area contributed by atoms with E-state index in [0.717, 1.165) is 22.7 Å². The van der Waals surface area contributed by atoms with E-state index >= 15 is 0 Å². The van der Waals surface area contributed by atoms with Crippen LogP contribution in [0.4, 0.5) is 8.78 Å². The summed E-state index contributed by atoms with van der Waals surface area (Å²) in [4.78, 5) is 4.80.